The SMILES string of the molecule is O=C1NC(=O)C2(CCCCC2)N1.O=C1NC2(CCCCC2)C(=O)N1c1cccc(-n2cnnn2)c1.OB(O)c1cccc(-n2cnnn2)c1. The van der Waals surface area contributed by atoms with Crippen LogP contribution < -0.4 is 26.3 Å². The van der Waals surface area contributed by atoms with Crippen molar-refractivity contribution in [2.45, 2.75) is 75.3 Å². The number of nitrogens with one attached hydrogen (secondary N) is 3. The van der Waals surface area contributed by atoms with E-state index in [2.05, 4.69) is 47.0 Å². The largest absolute Gasteiger partial charge is 0.488 e. The van der Waals surface area contributed by atoms with Crippen LogP contribution in [0.1, 0.15) is 64.2 Å². The Hall–Kier alpha value is -5.56. The number of rotatable bonds is 4. The molecule has 2 aliphatic heterocycles. The zero-order chi connectivity index (χ0) is 34.4. The third-order valence-corrected chi connectivity index (χ3v) is 9.07. The second-order valence-corrected chi connectivity index (χ2v) is 12.3. The number of benzene rings is 2. The summed E-state index contributed by atoms with van der Waals surface area (Å²) in [6.07, 6.45) is 12.2. The van der Waals surface area contributed by atoms with Gasteiger partial charge < -0.3 is 20.7 Å². The smallest absolute Gasteiger partial charge is 0.423 e. The molecule has 4 heterocycles. The highest BCUT2D eigenvalue weighted by molar-refractivity contribution is 6.58. The summed E-state index contributed by atoms with van der Waals surface area (Å²) in [7, 11) is -1.48. The Kier molecular flexibility index (Phi) is 9.72. The van der Waals surface area contributed by atoms with E-state index in [-0.39, 0.29) is 23.9 Å². The van der Waals surface area contributed by atoms with Crippen molar-refractivity contribution in [3.05, 3.63) is 61.2 Å². The molecule has 2 saturated carbocycles. The molecule has 0 unspecified atom stereocenters. The molecule has 4 aromatic rings. The predicted octanol–water partition coefficient (Wildman–Crippen LogP) is 0.292. The van der Waals surface area contributed by atoms with E-state index in [1.165, 1.54) is 33.3 Å². The maximum Gasteiger partial charge on any atom is 0.488 e. The molecule has 0 atom stereocenters. The third-order valence-electron chi connectivity index (χ3n) is 9.07. The van der Waals surface area contributed by atoms with Crippen molar-refractivity contribution in [3.63, 3.8) is 0 Å². The monoisotopic (exact) mass is 670 g/mol. The van der Waals surface area contributed by atoms with Gasteiger partial charge in [-0.15, -0.1) is 10.2 Å². The summed E-state index contributed by atoms with van der Waals surface area (Å²) in [5.74, 6) is -0.289. The quantitative estimate of drug-likeness (QED) is 0.146. The molecule has 18 nitrogen and oxygen atoms in total. The Morgan fingerprint density at radius 3 is 1.76 bits per heavy atom. The number of urea groups is 2. The molecule has 6 amide bonds. The highest BCUT2D eigenvalue weighted by Gasteiger charge is 2.52. The van der Waals surface area contributed by atoms with Gasteiger partial charge in [0.05, 0.1) is 17.1 Å². The maximum absolute atomic E-state index is 12.9. The summed E-state index contributed by atoms with van der Waals surface area (Å²) in [5, 5.41) is 47.5. The molecule has 0 radical (unpaired) electrons. The molecule has 2 aromatic heterocycles. The first-order chi connectivity index (χ1) is 23.7. The molecule has 2 aliphatic carbocycles. The van der Waals surface area contributed by atoms with Gasteiger partial charge in [-0.1, -0.05) is 56.7 Å². The predicted molar refractivity (Wildman–Crippen MR) is 172 cm³/mol. The van der Waals surface area contributed by atoms with Crippen molar-refractivity contribution in [3.8, 4) is 11.4 Å². The Labute approximate surface area is 280 Å². The molecule has 4 fully saturated rings. The van der Waals surface area contributed by atoms with E-state index >= 15 is 0 Å². The lowest BCUT2D eigenvalue weighted by atomic mass is 9.80. The van der Waals surface area contributed by atoms with Gasteiger partial charge in [-0.25, -0.2) is 23.9 Å². The first-order valence-corrected chi connectivity index (χ1v) is 16.0. The zero-order valence-electron chi connectivity index (χ0n) is 26.5. The summed E-state index contributed by atoms with van der Waals surface area (Å²) in [5.41, 5.74) is 1.04. The average molecular weight is 670 g/mol. The van der Waals surface area contributed by atoms with E-state index in [0.29, 0.717) is 35.4 Å². The van der Waals surface area contributed by atoms with Crippen LogP contribution in [-0.2, 0) is 9.59 Å². The topological polar surface area (TPSA) is 235 Å². The van der Waals surface area contributed by atoms with Gasteiger partial charge in [-0.3, -0.25) is 14.9 Å². The van der Waals surface area contributed by atoms with E-state index in [9.17, 15) is 19.2 Å². The fourth-order valence-electron chi connectivity index (χ4n) is 6.55. The molecule has 8 rings (SSSR count). The molecular weight excluding hydrogens is 635 g/mol. The standard InChI is InChI=1S/C15H16N6O2.C8H12N2O2.C7H7BN4O2/c22-13-15(7-2-1-3-8-15)17-14(23)21(13)12-6-4-5-11(9-12)20-10-16-18-19-20;11-6-8(10-7(12)9-6)4-2-1-3-5-8;13-8(14)6-2-1-3-7(4-6)12-5-9-10-11-12/h4-6,9-10H,1-3,7-8H2,(H,17,23);1-5H2,(H2,9,10,11,12);1-5,13-14H. The van der Waals surface area contributed by atoms with Crippen LogP contribution in [0.15, 0.2) is 61.2 Å². The number of nitrogens with zero attached hydrogens (tertiary/aromatic N) is 9. The van der Waals surface area contributed by atoms with Crippen molar-refractivity contribution in [2.24, 2.45) is 0 Å². The van der Waals surface area contributed by atoms with Gasteiger partial charge in [0.25, 0.3) is 11.8 Å². The van der Waals surface area contributed by atoms with Crippen molar-refractivity contribution < 1.29 is 29.2 Å². The van der Waals surface area contributed by atoms with Crippen LogP contribution in [0.4, 0.5) is 15.3 Å². The summed E-state index contributed by atoms with van der Waals surface area (Å²) >= 11 is 0. The average Bonchev–Trinajstić information content (AvgIpc) is 3.92. The van der Waals surface area contributed by atoms with Crippen molar-refractivity contribution in [1.29, 1.82) is 0 Å². The Bertz CT molecular complexity index is 1790. The zero-order valence-corrected chi connectivity index (χ0v) is 26.5. The van der Waals surface area contributed by atoms with Gasteiger partial charge in [0, 0.05) is 0 Å². The fourth-order valence-corrected chi connectivity index (χ4v) is 6.55. The lowest BCUT2D eigenvalue weighted by molar-refractivity contribution is -0.125. The van der Waals surface area contributed by atoms with E-state index in [1.54, 1.807) is 42.5 Å². The molecule has 0 bridgehead atoms. The summed E-state index contributed by atoms with van der Waals surface area (Å²) in [6.45, 7) is 0. The Balaban J connectivity index is 0.000000137. The Morgan fingerprint density at radius 2 is 1.22 bits per heavy atom. The number of imide groups is 2. The number of carbonyl (C=O) groups is 4. The van der Waals surface area contributed by atoms with Crippen LogP contribution in [0.3, 0.4) is 0 Å². The van der Waals surface area contributed by atoms with Crippen LogP contribution >= 0.6 is 0 Å². The molecule has 49 heavy (non-hydrogen) atoms. The van der Waals surface area contributed by atoms with Crippen LogP contribution in [-0.4, -0.2) is 92.5 Å². The van der Waals surface area contributed by atoms with E-state index < -0.39 is 18.2 Å². The summed E-state index contributed by atoms with van der Waals surface area (Å²) in [6, 6.07) is 13.1. The maximum atomic E-state index is 12.9. The van der Waals surface area contributed by atoms with Crippen molar-refractivity contribution >= 4 is 42.1 Å². The van der Waals surface area contributed by atoms with Gasteiger partial charge in [-0.05, 0) is 82.3 Å². The molecule has 19 heteroatoms. The number of hydrogen-bond donors (Lipinski definition) is 5. The second-order valence-electron chi connectivity index (χ2n) is 12.3. The lowest BCUT2D eigenvalue weighted by Crippen LogP contribution is -2.48. The highest BCUT2D eigenvalue weighted by Crippen LogP contribution is 2.36. The minimum absolute atomic E-state index is 0.132. The van der Waals surface area contributed by atoms with Gasteiger partial charge in [0.15, 0.2) is 0 Å². The molecule has 2 saturated heterocycles. The minimum atomic E-state index is -1.48. The molecule has 254 valence electrons. The number of tetrazole rings is 2. The van der Waals surface area contributed by atoms with Crippen LogP contribution in [0.25, 0.3) is 11.4 Å². The molecule has 5 N–H and O–H groups in total. The summed E-state index contributed by atoms with van der Waals surface area (Å²) in [4.78, 5) is 48.8. The second kappa shape index (κ2) is 14.3. The normalized spacial score (nSPS) is 18.9. The van der Waals surface area contributed by atoms with Crippen LogP contribution in [0, 0.1) is 0 Å². The van der Waals surface area contributed by atoms with Crippen molar-refractivity contribution in [2.75, 3.05) is 4.90 Å². The van der Waals surface area contributed by atoms with Gasteiger partial charge in [0.1, 0.15) is 23.7 Å². The first kappa shape index (κ1) is 33.3. The van der Waals surface area contributed by atoms with Gasteiger partial charge in [-0.2, -0.15) is 0 Å². The van der Waals surface area contributed by atoms with E-state index in [1.807, 2.05) is 6.07 Å². The van der Waals surface area contributed by atoms with Crippen LogP contribution in [0.2, 0.25) is 0 Å². The molecule has 4 aliphatic rings. The van der Waals surface area contributed by atoms with E-state index in [0.717, 1.165) is 44.9 Å². The molecular formula is C30H35BN12O6. The number of hydrogen-bond acceptors (Lipinski definition) is 12. The minimum Gasteiger partial charge on any atom is -0.423 e. The van der Waals surface area contributed by atoms with Gasteiger partial charge in [0.2, 0.25) is 0 Å². The number of carbonyl (C=O) groups excluding carboxylic acids is 4. The van der Waals surface area contributed by atoms with Gasteiger partial charge >= 0.3 is 19.2 Å². The number of aromatic nitrogens is 8. The van der Waals surface area contributed by atoms with Crippen molar-refractivity contribution in [1.82, 2.24) is 56.4 Å². The highest BCUT2D eigenvalue weighted by atomic mass is 16.4. The first-order valence-electron chi connectivity index (χ1n) is 16.0. The molecule has 2 aromatic carbocycles. The lowest BCUT2D eigenvalue weighted by Gasteiger charge is -2.30. The third kappa shape index (κ3) is 7.16. The van der Waals surface area contributed by atoms with E-state index in [4.69, 9.17) is 10.0 Å². The fraction of sp³-hybridized carbons (Fsp3) is 0.400. The van der Waals surface area contributed by atoms with Crippen LogP contribution in [0.5, 0.6) is 0 Å². The molecule has 2 spiro atoms. The number of amides is 6. The number of anilines is 1. The summed E-state index contributed by atoms with van der Waals surface area (Å²) < 4.78 is 2.92. The Morgan fingerprint density at radius 1 is 0.673 bits per heavy atom.